The number of likely N-dealkylation sites (tertiary alicyclic amines) is 1. The third kappa shape index (κ3) is 3.86. The molecule has 0 radical (unpaired) electrons. The van der Waals surface area contributed by atoms with Gasteiger partial charge in [-0.25, -0.2) is 4.98 Å². The average Bonchev–Trinajstić information content (AvgIpc) is 3.19. The molecule has 2 aromatic rings. The molecule has 1 aliphatic heterocycles. The molecule has 1 N–H and O–H groups in total. The smallest absolute Gasteiger partial charge is 0.308 e. The number of aromatic nitrogens is 1. The highest BCUT2D eigenvalue weighted by Crippen LogP contribution is 2.31. The number of oxazole rings is 1. The van der Waals surface area contributed by atoms with Crippen LogP contribution in [0.1, 0.15) is 25.7 Å². The molecule has 1 amide bonds. The lowest BCUT2D eigenvalue weighted by atomic mass is 10.0. The Morgan fingerprint density at radius 1 is 1.38 bits per heavy atom. The maximum atomic E-state index is 12.4. The van der Waals surface area contributed by atoms with E-state index in [0.717, 1.165) is 0 Å². The highest BCUT2D eigenvalue weighted by atomic mass is 35.5. The quantitative estimate of drug-likeness (QED) is 0.827. The van der Waals surface area contributed by atoms with Gasteiger partial charge in [-0.3, -0.25) is 9.59 Å². The van der Waals surface area contributed by atoms with Crippen LogP contribution in [-0.4, -0.2) is 39.5 Å². The van der Waals surface area contributed by atoms with Gasteiger partial charge in [-0.15, -0.1) is 0 Å². The molecule has 2 heterocycles. The van der Waals surface area contributed by atoms with Crippen molar-refractivity contribution in [2.75, 3.05) is 6.54 Å². The number of benzene rings is 1. The second kappa shape index (κ2) is 7.68. The van der Waals surface area contributed by atoms with Crippen LogP contribution in [-0.2, 0) is 16.0 Å². The van der Waals surface area contributed by atoms with E-state index in [0.29, 0.717) is 46.6 Å². The zero-order valence-corrected chi connectivity index (χ0v) is 15.6. The Morgan fingerprint density at radius 3 is 2.81 bits per heavy atom. The normalized spacial score (nSPS) is 19.7. The van der Waals surface area contributed by atoms with Crippen LogP contribution in [0.5, 0.6) is 0 Å². The molecule has 138 valence electrons. The van der Waals surface area contributed by atoms with Crippen LogP contribution in [0.2, 0.25) is 10.0 Å². The standard InChI is InChI=1S/C18H18Cl2N2O4/c1-10-12(18(24)25)6-7-22(10)17(23)5-4-16-21-9-15(26-16)13-3-2-11(19)8-14(13)20/h2-3,8-10,12H,4-7H2,1H3,(H,24,25). The number of carboxylic acid groups (broad SMARTS) is 1. The van der Waals surface area contributed by atoms with Crippen molar-refractivity contribution in [2.45, 2.75) is 32.2 Å². The lowest BCUT2D eigenvalue weighted by molar-refractivity contribution is -0.143. The van der Waals surface area contributed by atoms with Gasteiger partial charge in [0.25, 0.3) is 0 Å². The topological polar surface area (TPSA) is 83.6 Å². The molecule has 0 aliphatic carbocycles. The van der Waals surface area contributed by atoms with E-state index in [-0.39, 0.29) is 18.4 Å². The van der Waals surface area contributed by atoms with Crippen molar-refractivity contribution in [1.29, 1.82) is 0 Å². The lowest BCUT2D eigenvalue weighted by Crippen LogP contribution is -2.37. The van der Waals surface area contributed by atoms with Crippen molar-refractivity contribution >= 4 is 35.1 Å². The molecule has 26 heavy (non-hydrogen) atoms. The van der Waals surface area contributed by atoms with Crippen LogP contribution in [0, 0.1) is 5.92 Å². The average molecular weight is 397 g/mol. The molecule has 0 saturated carbocycles. The van der Waals surface area contributed by atoms with Gasteiger partial charge in [0, 0.05) is 36.0 Å². The Kier molecular flexibility index (Phi) is 5.53. The van der Waals surface area contributed by atoms with Crippen molar-refractivity contribution < 1.29 is 19.1 Å². The van der Waals surface area contributed by atoms with Crippen molar-refractivity contribution in [3.05, 3.63) is 40.3 Å². The zero-order chi connectivity index (χ0) is 18.8. The van der Waals surface area contributed by atoms with Crippen molar-refractivity contribution in [2.24, 2.45) is 5.92 Å². The van der Waals surface area contributed by atoms with Gasteiger partial charge in [0.2, 0.25) is 5.91 Å². The van der Waals surface area contributed by atoms with E-state index < -0.39 is 11.9 Å². The van der Waals surface area contributed by atoms with E-state index in [4.69, 9.17) is 32.7 Å². The zero-order valence-electron chi connectivity index (χ0n) is 14.1. The Morgan fingerprint density at radius 2 is 2.15 bits per heavy atom. The Hall–Kier alpha value is -2.05. The van der Waals surface area contributed by atoms with Gasteiger partial charge in [-0.2, -0.15) is 0 Å². The van der Waals surface area contributed by atoms with Crippen LogP contribution in [0.15, 0.2) is 28.8 Å². The molecule has 1 saturated heterocycles. The summed E-state index contributed by atoms with van der Waals surface area (Å²) < 4.78 is 5.69. The number of nitrogens with zero attached hydrogens (tertiary/aromatic N) is 2. The third-order valence-electron chi connectivity index (χ3n) is 4.70. The Bertz CT molecular complexity index is 836. The minimum absolute atomic E-state index is 0.0921. The number of carbonyl (C=O) groups excluding carboxylic acids is 1. The molecule has 3 rings (SSSR count). The van der Waals surface area contributed by atoms with Crippen LogP contribution < -0.4 is 0 Å². The van der Waals surface area contributed by atoms with Crippen molar-refractivity contribution in [3.63, 3.8) is 0 Å². The van der Waals surface area contributed by atoms with Crippen LogP contribution in [0.4, 0.5) is 0 Å². The van der Waals surface area contributed by atoms with E-state index in [1.165, 1.54) is 0 Å². The first kappa shape index (κ1) is 18.7. The third-order valence-corrected chi connectivity index (χ3v) is 5.24. The maximum Gasteiger partial charge on any atom is 0.308 e. The molecule has 1 fully saturated rings. The second-order valence-corrected chi connectivity index (χ2v) is 7.15. The number of aliphatic carboxylic acids is 1. The first-order valence-corrected chi connectivity index (χ1v) is 9.05. The SMILES string of the molecule is CC1C(C(=O)O)CCN1C(=O)CCc1ncc(-c2ccc(Cl)cc2Cl)o1. The van der Waals surface area contributed by atoms with Crippen molar-refractivity contribution in [3.8, 4) is 11.3 Å². The van der Waals surface area contributed by atoms with E-state index in [1.807, 2.05) is 0 Å². The molecular formula is C18H18Cl2N2O4. The summed E-state index contributed by atoms with van der Waals surface area (Å²) in [6.45, 7) is 2.24. The Balaban J connectivity index is 1.62. The number of amides is 1. The molecule has 1 aromatic heterocycles. The monoisotopic (exact) mass is 396 g/mol. The molecular weight excluding hydrogens is 379 g/mol. The number of carboxylic acids is 1. The molecule has 8 heteroatoms. The number of halogens is 2. The molecule has 1 aromatic carbocycles. The predicted octanol–water partition coefficient (Wildman–Crippen LogP) is 3.90. The fraction of sp³-hybridized carbons (Fsp3) is 0.389. The van der Waals surface area contributed by atoms with Crippen LogP contribution in [0.25, 0.3) is 11.3 Å². The largest absolute Gasteiger partial charge is 0.481 e. The summed E-state index contributed by atoms with van der Waals surface area (Å²) in [6.07, 6.45) is 2.60. The predicted molar refractivity (Wildman–Crippen MR) is 97.2 cm³/mol. The van der Waals surface area contributed by atoms with Crippen LogP contribution >= 0.6 is 23.2 Å². The highest BCUT2D eigenvalue weighted by Gasteiger charge is 2.37. The minimum Gasteiger partial charge on any atom is -0.481 e. The number of rotatable bonds is 5. The van der Waals surface area contributed by atoms with Gasteiger partial charge >= 0.3 is 5.97 Å². The van der Waals surface area contributed by atoms with E-state index in [2.05, 4.69) is 4.98 Å². The minimum atomic E-state index is -0.856. The molecule has 6 nitrogen and oxygen atoms in total. The fourth-order valence-corrected chi connectivity index (χ4v) is 3.72. The van der Waals surface area contributed by atoms with Gasteiger partial charge < -0.3 is 14.4 Å². The molecule has 1 aliphatic rings. The number of hydrogen-bond donors (Lipinski definition) is 1. The van der Waals surface area contributed by atoms with Gasteiger partial charge in [0.1, 0.15) is 0 Å². The molecule has 2 atom stereocenters. The number of hydrogen-bond acceptors (Lipinski definition) is 4. The fourth-order valence-electron chi connectivity index (χ4n) is 3.22. The van der Waals surface area contributed by atoms with Gasteiger partial charge in [0.15, 0.2) is 11.7 Å². The molecule has 0 spiro atoms. The maximum absolute atomic E-state index is 12.4. The van der Waals surface area contributed by atoms with Gasteiger partial charge in [0.05, 0.1) is 17.1 Å². The van der Waals surface area contributed by atoms with Crippen molar-refractivity contribution in [1.82, 2.24) is 9.88 Å². The van der Waals surface area contributed by atoms with Gasteiger partial charge in [-0.05, 0) is 31.5 Å². The van der Waals surface area contributed by atoms with E-state index >= 15 is 0 Å². The summed E-state index contributed by atoms with van der Waals surface area (Å²) in [7, 11) is 0. The van der Waals surface area contributed by atoms with E-state index in [1.54, 1.807) is 36.2 Å². The lowest BCUT2D eigenvalue weighted by Gasteiger charge is -2.23. The van der Waals surface area contributed by atoms with Crippen LogP contribution in [0.3, 0.4) is 0 Å². The molecule has 2 unspecified atom stereocenters. The van der Waals surface area contributed by atoms with Gasteiger partial charge in [-0.1, -0.05) is 23.2 Å². The number of aryl methyl sites for hydroxylation is 1. The summed E-state index contributed by atoms with van der Waals surface area (Å²) in [5.41, 5.74) is 0.679. The van der Waals surface area contributed by atoms with E-state index in [9.17, 15) is 9.59 Å². The highest BCUT2D eigenvalue weighted by molar-refractivity contribution is 6.36. The number of carbonyl (C=O) groups is 2. The second-order valence-electron chi connectivity index (χ2n) is 6.30. The first-order valence-electron chi connectivity index (χ1n) is 8.29. The summed E-state index contributed by atoms with van der Waals surface area (Å²) in [6, 6.07) is 4.78. The first-order chi connectivity index (χ1) is 12.4. The summed E-state index contributed by atoms with van der Waals surface area (Å²) >= 11 is 12.0. The summed E-state index contributed by atoms with van der Waals surface area (Å²) in [5.74, 6) is -0.509. The summed E-state index contributed by atoms with van der Waals surface area (Å²) in [4.78, 5) is 29.4. The Labute approximate surface area is 160 Å². The summed E-state index contributed by atoms with van der Waals surface area (Å²) in [5, 5.41) is 10.2. The molecule has 0 bridgehead atoms.